The molecule has 1 rings (SSSR count). The average Bonchev–Trinajstić information content (AvgIpc) is 2.91. The van der Waals surface area contributed by atoms with E-state index in [1.165, 1.54) is 0 Å². The molecule has 1 amide bonds. The van der Waals surface area contributed by atoms with Gasteiger partial charge in [0.25, 0.3) is 5.91 Å². The first-order valence-corrected chi connectivity index (χ1v) is 13.9. The number of imidazole rings is 1. The minimum Gasteiger partial charge on any atom is -0.361 e. The molecular formula is C18H34BrN3O2Si. The van der Waals surface area contributed by atoms with Crippen LogP contribution in [0, 0.1) is 0 Å². The van der Waals surface area contributed by atoms with Crippen molar-refractivity contribution in [2.45, 2.75) is 71.9 Å². The van der Waals surface area contributed by atoms with Crippen LogP contribution in [0.2, 0.25) is 25.7 Å². The van der Waals surface area contributed by atoms with E-state index in [9.17, 15) is 4.79 Å². The van der Waals surface area contributed by atoms with Crippen LogP contribution < -0.4 is 0 Å². The zero-order valence-electron chi connectivity index (χ0n) is 16.5. The highest BCUT2D eigenvalue weighted by atomic mass is 79.9. The van der Waals surface area contributed by atoms with Gasteiger partial charge in [-0.1, -0.05) is 46.3 Å². The molecule has 1 heterocycles. The molecule has 5 nitrogen and oxygen atoms in total. The molecule has 7 heteroatoms. The Morgan fingerprint density at radius 1 is 1.24 bits per heavy atom. The Balaban J connectivity index is 2.66. The van der Waals surface area contributed by atoms with Crippen molar-refractivity contribution in [3.8, 4) is 0 Å². The maximum Gasteiger partial charge on any atom is 0.274 e. The van der Waals surface area contributed by atoms with Gasteiger partial charge in [0.2, 0.25) is 0 Å². The molecule has 0 unspecified atom stereocenters. The van der Waals surface area contributed by atoms with Gasteiger partial charge in [-0.2, -0.15) is 0 Å². The predicted octanol–water partition coefficient (Wildman–Crippen LogP) is 5.00. The van der Waals surface area contributed by atoms with Crippen LogP contribution in [0.3, 0.4) is 0 Å². The summed E-state index contributed by atoms with van der Waals surface area (Å²) in [5.74, 6) is 0.0171. The number of unbranched alkanes of at least 4 members (excludes halogenated alkanes) is 2. The van der Waals surface area contributed by atoms with E-state index in [-0.39, 0.29) is 5.91 Å². The minimum atomic E-state index is -1.08. The summed E-state index contributed by atoms with van der Waals surface area (Å²) in [6, 6.07) is 1.13. The molecule has 0 fully saturated rings. The van der Waals surface area contributed by atoms with Gasteiger partial charge in [-0.3, -0.25) is 4.79 Å². The Morgan fingerprint density at radius 3 is 2.36 bits per heavy atom. The van der Waals surface area contributed by atoms with Gasteiger partial charge in [0.1, 0.15) is 12.4 Å². The van der Waals surface area contributed by atoms with Crippen LogP contribution in [0.4, 0.5) is 0 Å². The number of halogens is 1. The molecule has 0 aromatic carbocycles. The molecule has 0 aliphatic rings. The molecular weight excluding hydrogens is 398 g/mol. The molecule has 0 bridgehead atoms. The quantitative estimate of drug-likeness (QED) is 0.345. The smallest absolute Gasteiger partial charge is 0.274 e. The van der Waals surface area contributed by atoms with Crippen LogP contribution in [0.1, 0.15) is 50.0 Å². The third-order valence-corrected chi connectivity index (χ3v) is 6.36. The van der Waals surface area contributed by atoms with E-state index < -0.39 is 8.07 Å². The van der Waals surface area contributed by atoms with Crippen molar-refractivity contribution in [2.24, 2.45) is 0 Å². The first kappa shape index (κ1) is 22.4. The fourth-order valence-electron chi connectivity index (χ4n) is 2.30. The maximum atomic E-state index is 12.8. The van der Waals surface area contributed by atoms with Crippen molar-refractivity contribution >= 4 is 29.9 Å². The number of amides is 1. The van der Waals surface area contributed by atoms with Gasteiger partial charge in [-0.25, -0.2) is 4.98 Å². The van der Waals surface area contributed by atoms with Gasteiger partial charge in [-0.15, -0.1) is 0 Å². The summed E-state index contributed by atoms with van der Waals surface area (Å²) in [7, 11) is -1.08. The Kier molecular flexibility index (Phi) is 9.97. The predicted molar refractivity (Wildman–Crippen MR) is 110 cm³/mol. The number of carbonyl (C=O) groups excluding carboxylic acids is 1. The van der Waals surface area contributed by atoms with Gasteiger partial charge in [0.05, 0.1) is 0 Å². The lowest BCUT2D eigenvalue weighted by atomic mass is 10.2. The van der Waals surface area contributed by atoms with E-state index in [1.54, 1.807) is 6.20 Å². The number of hydrogen-bond acceptors (Lipinski definition) is 3. The molecule has 0 atom stereocenters. The van der Waals surface area contributed by atoms with Crippen LogP contribution in [0.5, 0.6) is 0 Å². The summed E-state index contributed by atoms with van der Waals surface area (Å²) in [6.07, 6.45) is 6.01. The van der Waals surface area contributed by atoms with Crippen molar-refractivity contribution in [3.05, 3.63) is 16.6 Å². The van der Waals surface area contributed by atoms with Crippen LogP contribution >= 0.6 is 15.9 Å². The highest BCUT2D eigenvalue weighted by Crippen LogP contribution is 2.14. The number of carbonyl (C=O) groups is 1. The Morgan fingerprint density at radius 2 is 1.84 bits per heavy atom. The molecule has 0 spiro atoms. The largest absolute Gasteiger partial charge is 0.361 e. The maximum absolute atomic E-state index is 12.8. The first-order chi connectivity index (χ1) is 11.8. The lowest BCUT2D eigenvalue weighted by Crippen LogP contribution is -2.33. The van der Waals surface area contributed by atoms with E-state index in [1.807, 2.05) is 9.47 Å². The van der Waals surface area contributed by atoms with Gasteiger partial charge in [0, 0.05) is 34.0 Å². The van der Waals surface area contributed by atoms with Crippen molar-refractivity contribution in [2.75, 3.05) is 19.7 Å². The van der Waals surface area contributed by atoms with Crippen LogP contribution in [-0.2, 0) is 11.5 Å². The fourth-order valence-corrected chi connectivity index (χ4v) is 3.46. The molecule has 0 aliphatic heterocycles. The number of ether oxygens (including phenoxy) is 1. The second kappa shape index (κ2) is 11.1. The summed E-state index contributed by atoms with van der Waals surface area (Å²) in [6.45, 7) is 14.1. The summed E-state index contributed by atoms with van der Waals surface area (Å²) in [5, 5.41) is 0. The van der Waals surface area contributed by atoms with Crippen molar-refractivity contribution in [1.82, 2.24) is 14.5 Å². The fraction of sp³-hybridized carbons (Fsp3) is 0.778. The SMILES string of the molecule is CCCCN(CCCC)C(=O)c1cn(COCC[Si](C)(C)C)c(Br)n1. The summed E-state index contributed by atoms with van der Waals surface area (Å²) in [5.41, 5.74) is 0.493. The number of nitrogens with zero attached hydrogens (tertiary/aromatic N) is 3. The molecule has 144 valence electrons. The zero-order chi connectivity index (χ0) is 18.9. The van der Waals surface area contributed by atoms with Crippen LogP contribution in [0.15, 0.2) is 10.9 Å². The highest BCUT2D eigenvalue weighted by molar-refractivity contribution is 9.10. The number of hydrogen-bond donors (Lipinski definition) is 0. The van der Waals surface area contributed by atoms with E-state index in [0.717, 1.165) is 51.4 Å². The minimum absolute atomic E-state index is 0.0171. The number of aromatic nitrogens is 2. The van der Waals surface area contributed by atoms with Crippen LogP contribution in [-0.4, -0.2) is 48.1 Å². The highest BCUT2D eigenvalue weighted by Gasteiger charge is 2.19. The first-order valence-electron chi connectivity index (χ1n) is 9.38. The molecule has 0 aliphatic carbocycles. The summed E-state index contributed by atoms with van der Waals surface area (Å²) in [4.78, 5) is 19.1. The van der Waals surface area contributed by atoms with Crippen LogP contribution in [0.25, 0.3) is 0 Å². The second-order valence-corrected chi connectivity index (χ2v) is 14.0. The normalized spacial score (nSPS) is 11.8. The average molecular weight is 432 g/mol. The van der Waals surface area contributed by atoms with Gasteiger partial charge < -0.3 is 14.2 Å². The van der Waals surface area contributed by atoms with E-state index >= 15 is 0 Å². The standard InChI is InChI=1S/C18H34BrN3O2Si/c1-6-8-10-21(11-9-7-2)17(23)16-14-22(18(19)20-16)15-24-12-13-25(3,4)5/h14H,6-13,15H2,1-5H3. The lowest BCUT2D eigenvalue weighted by Gasteiger charge is -2.21. The van der Waals surface area contributed by atoms with E-state index in [2.05, 4.69) is 54.4 Å². The molecule has 1 aromatic rings. The number of rotatable bonds is 12. The van der Waals surface area contributed by atoms with Gasteiger partial charge in [0.15, 0.2) is 4.73 Å². The zero-order valence-corrected chi connectivity index (χ0v) is 19.1. The molecule has 0 N–H and O–H groups in total. The molecule has 0 radical (unpaired) electrons. The molecule has 0 saturated carbocycles. The van der Waals surface area contributed by atoms with E-state index in [4.69, 9.17) is 4.74 Å². The monoisotopic (exact) mass is 431 g/mol. The Labute approximate surface area is 162 Å². The Bertz CT molecular complexity index is 521. The lowest BCUT2D eigenvalue weighted by molar-refractivity contribution is 0.0743. The molecule has 25 heavy (non-hydrogen) atoms. The summed E-state index contributed by atoms with van der Waals surface area (Å²) < 4.78 is 8.27. The second-order valence-electron chi connectivity index (χ2n) is 7.71. The van der Waals surface area contributed by atoms with Crippen molar-refractivity contribution < 1.29 is 9.53 Å². The van der Waals surface area contributed by atoms with Crippen molar-refractivity contribution in [3.63, 3.8) is 0 Å². The molecule has 0 saturated heterocycles. The summed E-state index contributed by atoms with van der Waals surface area (Å²) >= 11 is 3.44. The van der Waals surface area contributed by atoms with Gasteiger partial charge >= 0.3 is 0 Å². The van der Waals surface area contributed by atoms with Crippen molar-refractivity contribution in [1.29, 1.82) is 0 Å². The Hall–Kier alpha value is -0.663. The third-order valence-electron chi connectivity index (χ3n) is 4.02. The topological polar surface area (TPSA) is 47.4 Å². The molecule has 1 aromatic heterocycles. The third kappa shape index (κ3) is 8.51. The van der Waals surface area contributed by atoms with E-state index in [0.29, 0.717) is 17.2 Å². The van der Waals surface area contributed by atoms with Gasteiger partial charge in [-0.05, 0) is 34.8 Å².